The van der Waals surface area contributed by atoms with Crippen LogP contribution in [0.1, 0.15) is 34.1 Å². The molecule has 0 radical (unpaired) electrons. The number of carbonyl (C=O) groups excluding carboxylic acids is 1. The SMILES string of the molecule is CC(=O)CC(=O)O.CC[O][Zr]([CH3])([O]CC)[O]CC. The molecule has 0 atom stereocenters. The third kappa shape index (κ3) is 14.0. The number of carboxylic acid groups (broad SMARTS) is 1. The van der Waals surface area contributed by atoms with E-state index in [0.717, 1.165) is 0 Å². The molecule has 0 aromatic heterocycles. The standard InChI is InChI=1S/C4H6O3.3C2H5O.CH3.Zr/c1-3(5)2-4(6)7;3*1-2-3;;/h2H2,1H3,(H,6,7);3*2H2,1H3;1H3;/q;3*-1;;+3. The Morgan fingerprint density at radius 3 is 1.44 bits per heavy atom. The van der Waals surface area contributed by atoms with Gasteiger partial charge in [0.05, 0.1) is 0 Å². The van der Waals surface area contributed by atoms with Crippen molar-refractivity contribution in [1.29, 1.82) is 0 Å². The molecule has 18 heavy (non-hydrogen) atoms. The molecule has 0 rings (SSSR count). The van der Waals surface area contributed by atoms with Gasteiger partial charge in [0.25, 0.3) is 0 Å². The number of rotatable bonds is 8. The van der Waals surface area contributed by atoms with Crippen LogP contribution in [0.25, 0.3) is 0 Å². The third-order valence-corrected chi connectivity index (χ3v) is 7.62. The Hall–Kier alpha value is -0.0969. The molecule has 0 aliphatic heterocycles. The number of carbonyl (C=O) groups is 2. The van der Waals surface area contributed by atoms with Gasteiger partial charge in [0.2, 0.25) is 0 Å². The molecule has 6 nitrogen and oxygen atoms in total. The predicted octanol–water partition coefficient (Wildman–Crippen LogP) is 2.09. The van der Waals surface area contributed by atoms with Crippen LogP contribution in [0.4, 0.5) is 0 Å². The predicted molar refractivity (Wildman–Crippen MR) is 63.7 cm³/mol. The summed E-state index contributed by atoms with van der Waals surface area (Å²) >= 11 is -2.97. The second kappa shape index (κ2) is 12.0. The monoisotopic (exact) mass is 342 g/mol. The number of Topliss-reactive ketones (excluding diaryl/α,β-unsaturated/α-hetero) is 1. The van der Waals surface area contributed by atoms with Crippen molar-refractivity contribution in [3.05, 3.63) is 0 Å². The zero-order chi connectivity index (χ0) is 14.6. The van der Waals surface area contributed by atoms with Crippen LogP contribution in [-0.2, 0) is 39.6 Å². The zero-order valence-corrected chi connectivity index (χ0v) is 14.3. The molecule has 0 heterocycles. The van der Waals surface area contributed by atoms with Gasteiger partial charge in [0, 0.05) is 0 Å². The van der Waals surface area contributed by atoms with Crippen LogP contribution in [0.3, 0.4) is 0 Å². The second-order valence-electron chi connectivity index (χ2n) is 3.43. The Bertz CT molecular complexity index is 215. The molecule has 7 heteroatoms. The van der Waals surface area contributed by atoms with Crippen LogP contribution >= 0.6 is 0 Å². The van der Waals surface area contributed by atoms with Crippen molar-refractivity contribution in [2.24, 2.45) is 0 Å². The molecule has 0 bridgehead atoms. The van der Waals surface area contributed by atoms with Crippen molar-refractivity contribution < 1.29 is 44.7 Å². The maximum atomic E-state index is 9.87. The zero-order valence-electron chi connectivity index (χ0n) is 11.8. The average molecular weight is 344 g/mol. The molecule has 0 saturated heterocycles. The van der Waals surface area contributed by atoms with Gasteiger partial charge in [-0.2, -0.15) is 0 Å². The number of ketones is 1. The van der Waals surface area contributed by atoms with Gasteiger partial charge in [-0.25, -0.2) is 0 Å². The maximum absolute atomic E-state index is 9.87. The van der Waals surface area contributed by atoms with Gasteiger partial charge >= 0.3 is 81.2 Å². The van der Waals surface area contributed by atoms with Gasteiger partial charge in [-0.15, -0.1) is 0 Å². The summed E-state index contributed by atoms with van der Waals surface area (Å²) in [6.45, 7) is 9.20. The topological polar surface area (TPSA) is 82.1 Å². The molecule has 0 unspecified atom stereocenters. The van der Waals surface area contributed by atoms with Gasteiger partial charge in [0.1, 0.15) is 12.2 Å². The first-order valence-electron chi connectivity index (χ1n) is 5.94. The van der Waals surface area contributed by atoms with Gasteiger partial charge < -0.3 is 5.11 Å². The van der Waals surface area contributed by atoms with Gasteiger partial charge in [-0.3, -0.25) is 9.59 Å². The Labute approximate surface area is 115 Å². The fraction of sp³-hybridized carbons (Fsp3) is 0.818. The summed E-state index contributed by atoms with van der Waals surface area (Å²) in [4.78, 5) is 19.5. The van der Waals surface area contributed by atoms with E-state index >= 15 is 0 Å². The van der Waals surface area contributed by atoms with E-state index in [1.807, 2.05) is 25.4 Å². The second-order valence-corrected chi connectivity index (χ2v) is 9.80. The summed E-state index contributed by atoms with van der Waals surface area (Å²) in [6, 6.07) is 0. The molecule has 0 amide bonds. The number of hydrogen-bond donors (Lipinski definition) is 1. The molecule has 0 spiro atoms. The van der Waals surface area contributed by atoms with E-state index in [9.17, 15) is 9.59 Å². The van der Waals surface area contributed by atoms with Crippen molar-refractivity contribution in [2.75, 3.05) is 19.8 Å². The number of hydrogen-bond acceptors (Lipinski definition) is 5. The molecule has 0 aliphatic carbocycles. The first-order chi connectivity index (χ1) is 8.31. The molecule has 0 aromatic carbocycles. The van der Waals surface area contributed by atoms with E-state index in [4.69, 9.17) is 13.5 Å². The molecule has 108 valence electrons. The van der Waals surface area contributed by atoms with E-state index < -0.39 is 27.6 Å². The van der Waals surface area contributed by atoms with Gasteiger partial charge in [-0.1, -0.05) is 0 Å². The summed E-state index contributed by atoms with van der Waals surface area (Å²) in [7, 11) is 0. The van der Waals surface area contributed by atoms with Gasteiger partial charge in [0.15, 0.2) is 0 Å². The van der Waals surface area contributed by atoms with E-state index in [2.05, 4.69) is 0 Å². The number of aliphatic carboxylic acids is 1. The van der Waals surface area contributed by atoms with E-state index in [0.29, 0.717) is 19.8 Å². The van der Waals surface area contributed by atoms with Gasteiger partial charge in [-0.05, 0) is 6.92 Å². The normalized spacial score (nSPS) is 10.5. The summed E-state index contributed by atoms with van der Waals surface area (Å²) in [6.07, 6.45) is -0.361. The fourth-order valence-corrected chi connectivity index (χ4v) is 5.61. The van der Waals surface area contributed by atoms with Crippen LogP contribution in [0.2, 0.25) is 4.63 Å². The molecule has 0 aliphatic rings. The average Bonchev–Trinajstić information content (AvgIpc) is 2.16. The Kier molecular flexibility index (Phi) is 13.4. The fourth-order valence-electron chi connectivity index (χ4n) is 1.12. The van der Waals surface area contributed by atoms with Crippen molar-refractivity contribution >= 4 is 11.8 Å². The first kappa shape index (κ1) is 20.2. The van der Waals surface area contributed by atoms with Crippen molar-refractivity contribution in [1.82, 2.24) is 0 Å². The van der Waals surface area contributed by atoms with Crippen LogP contribution < -0.4 is 0 Å². The van der Waals surface area contributed by atoms with Crippen LogP contribution in [0.15, 0.2) is 0 Å². The number of carboxylic acids is 1. The van der Waals surface area contributed by atoms with E-state index in [1.165, 1.54) is 6.92 Å². The van der Waals surface area contributed by atoms with Crippen LogP contribution in [0.5, 0.6) is 0 Å². The molecule has 0 aromatic rings. The minimum absolute atomic E-state index is 0.312. The molecule has 0 saturated carbocycles. The van der Waals surface area contributed by atoms with Crippen LogP contribution in [0, 0.1) is 0 Å². The molecule has 1 N–H and O–H groups in total. The molecular weight excluding hydrogens is 319 g/mol. The van der Waals surface area contributed by atoms with Crippen molar-refractivity contribution in [3.63, 3.8) is 0 Å². The Morgan fingerprint density at radius 1 is 1.00 bits per heavy atom. The summed E-state index contributed by atoms with van der Waals surface area (Å²) in [5.41, 5.74) is 0. The first-order valence-corrected chi connectivity index (χ1v) is 11.4. The van der Waals surface area contributed by atoms with E-state index in [-0.39, 0.29) is 12.2 Å². The minimum atomic E-state index is -2.97. The van der Waals surface area contributed by atoms with Crippen LogP contribution in [-0.4, -0.2) is 36.7 Å². The Balaban J connectivity index is 0. The molecule has 0 fully saturated rings. The summed E-state index contributed by atoms with van der Waals surface area (Å²) in [5, 5.41) is 7.86. The third-order valence-electron chi connectivity index (χ3n) is 1.62. The quantitative estimate of drug-likeness (QED) is 0.680. The molecular formula is C11H24O6Zr. The summed E-state index contributed by atoms with van der Waals surface area (Å²) in [5.74, 6) is -1.37. The summed E-state index contributed by atoms with van der Waals surface area (Å²) < 4.78 is 18.4. The van der Waals surface area contributed by atoms with E-state index in [1.54, 1.807) is 0 Å². The van der Waals surface area contributed by atoms with Crippen molar-refractivity contribution in [2.45, 2.75) is 38.7 Å². The van der Waals surface area contributed by atoms with Crippen molar-refractivity contribution in [3.8, 4) is 0 Å². The Morgan fingerprint density at radius 2 is 1.33 bits per heavy atom.